The predicted octanol–water partition coefficient (Wildman–Crippen LogP) is 0.858. The number of hydrogen-bond donors (Lipinski definition) is 0. The molecule has 7 nitrogen and oxygen atoms in total. The van der Waals surface area contributed by atoms with Crippen molar-refractivity contribution in [3.8, 4) is 0 Å². The van der Waals surface area contributed by atoms with Crippen molar-refractivity contribution in [2.45, 2.75) is 25.6 Å². The van der Waals surface area contributed by atoms with E-state index in [1.165, 1.54) is 0 Å². The van der Waals surface area contributed by atoms with E-state index in [2.05, 4.69) is 19.9 Å². The molecule has 0 aromatic carbocycles. The second-order valence-electron chi connectivity index (χ2n) is 5.75. The number of carbonyl (C=O) groups is 1. The Bertz CT molecular complexity index is 707. The van der Waals surface area contributed by atoms with Crippen LogP contribution >= 0.6 is 11.3 Å². The highest BCUT2D eigenvalue weighted by atomic mass is 32.1. The van der Waals surface area contributed by atoms with Gasteiger partial charge in [-0.15, -0.1) is 11.3 Å². The molecule has 2 unspecified atom stereocenters. The molecule has 0 bridgehead atoms. The number of rotatable bonds is 3. The van der Waals surface area contributed by atoms with Crippen molar-refractivity contribution in [1.82, 2.24) is 19.9 Å². The third kappa shape index (κ3) is 2.79. The summed E-state index contributed by atoms with van der Waals surface area (Å²) in [6.07, 6.45) is 3.45. The summed E-state index contributed by atoms with van der Waals surface area (Å²) in [5, 5.41) is 3.03. The third-order valence-corrected chi connectivity index (χ3v) is 5.03. The van der Waals surface area contributed by atoms with Crippen LogP contribution in [0.1, 0.15) is 10.7 Å². The topological polar surface area (TPSA) is 71.5 Å². The van der Waals surface area contributed by atoms with E-state index in [-0.39, 0.29) is 24.7 Å². The van der Waals surface area contributed by atoms with Crippen LogP contribution in [0.4, 0.5) is 5.95 Å². The molecule has 4 rings (SSSR count). The first kappa shape index (κ1) is 14.5. The molecule has 0 spiro atoms. The quantitative estimate of drug-likeness (QED) is 0.831. The van der Waals surface area contributed by atoms with Crippen LogP contribution in [0.15, 0.2) is 23.8 Å². The minimum Gasteiger partial charge on any atom is -0.364 e. The molecule has 4 heterocycles. The lowest BCUT2D eigenvalue weighted by molar-refractivity contribution is -0.154. The molecule has 0 saturated carbocycles. The van der Waals surface area contributed by atoms with Crippen molar-refractivity contribution in [1.29, 1.82) is 0 Å². The maximum Gasteiger partial charge on any atom is 0.249 e. The van der Waals surface area contributed by atoms with Crippen molar-refractivity contribution in [3.05, 3.63) is 34.5 Å². The van der Waals surface area contributed by atoms with Gasteiger partial charge in [-0.1, -0.05) is 0 Å². The third-order valence-electron chi connectivity index (χ3n) is 4.21. The number of aryl methyl sites for hydroxylation is 1. The van der Waals surface area contributed by atoms with E-state index in [0.717, 1.165) is 10.7 Å². The smallest absolute Gasteiger partial charge is 0.249 e. The highest BCUT2D eigenvalue weighted by Crippen LogP contribution is 2.27. The van der Waals surface area contributed by atoms with Gasteiger partial charge in [0.25, 0.3) is 0 Å². The number of amides is 1. The first-order chi connectivity index (χ1) is 11.2. The van der Waals surface area contributed by atoms with Gasteiger partial charge in [0.2, 0.25) is 11.9 Å². The van der Waals surface area contributed by atoms with E-state index in [1.807, 2.05) is 17.2 Å². The molecule has 2 saturated heterocycles. The van der Waals surface area contributed by atoms with Crippen molar-refractivity contribution in [2.75, 3.05) is 24.6 Å². The van der Waals surface area contributed by atoms with Gasteiger partial charge in [-0.25, -0.2) is 15.0 Å². The Kier molecular flexibility index (Phi) is 3.70. The molecular formula is C15H17N5O2S. The van der Waals surface area contributed by atoms with Gasteiger partial charge in [0.15, 0.2) is 0 Å². The Morgan fingerprint density at radius 1 is 1.35 bits per heavy atom. The second kappa shape index (κ2) is 5.86. The lowest BCUT2D eigenvalue weighted by Crippen LogP contribution is -2.53. The highest BCUT2D eigenvalue weighted by Gasteiger charge is 2.44. The maximum absolute atomic E-state index is 12.3. The zero-order valence-electron chi connectivity index (χ0n) is 12.8. The Morgan fingerprint density at radius 2 is 2.17 bits per heavy atom. The van der Waals surface area contributed by atoms with Crippen molar-refractivity contribution >= 4 is 23.2 Å². The zero-order chi connectivity index (χ0) is 15.8. The van der Waals surface area contributed by atoms with Gasteiger partial charge in [-0.3, -0.25) is 4.79 Å². The minimum atomic E-state index is -0.00348. The summed E-state index contributed by atoms with van der Waals surface area (Å²) < 4.78 is 5.73. The Hall–Kier alpha value is -2.06. The fraction of sp³-hybridized carbons (Fsp3) is 0.467. The van der Waals surface area contributed by atoms with E-state index in [0.29, 0.717) is 25.6 Å². The van der Waals surface area contributed by atoms with Crippen molar-refractivity contribution in [3.63, 3.8) is 0 Å². The normalized spacial score (nSPS) is 24.1. The molecule has 23 heavy (non-hydrogen) atoms. The average Bonchev–Trinajstić information content (AvgIpc) is 3.17. The molecule has 8 heteroatoms. The molecular weight excluding hydrogens is 314 g/mol. The van der Waals surface area contributed by atoms with E-state index in [9.17, 15) is 4.79 Å². The fourth-order valence-corrected chi connectivity index (χ4v) is 3.75. The summed E-state index contributed by atoms with van der Waals surface area (Å²) in [7, 11) is 0. The molecule has 0 N–H and O–H groups in total. The number of aromatic nitrogens is 3. The summed E-state index contributed by atoms with van der Waals surface area (Å²) in [6.45, 7) is 4.03. The van der Waals surface area contributed by atoms with Gasteiger partial charge in [-0.05, 0) is 13.0 Å². The molecule has 0 aliphatic carbocycles. The van der Waals surface area contributed by atoms with Crippen LogP contribution in [-0.2, 0) is 16.1 Å². The number of fused-ring (bicyclic) bond motifs is 1. The summed E-state index contributed by atoms with van der Waals surface area (Å²) in [5.41, 5.74) is 0.941. The maximum atomic E-state index is 12.3. The van der Waals surface area contributed by atoms with Crippen LogP contribution in [0.5, 0.6) is 0 Å². The van der Waals surface area contributed by atoms with Crippen LogP contribution in [0.25, 0.3) is 0 Å². The summed E-state index contributed by atoms with van der Waals surface area (Å²) >= 11 is 1.61. The molecule has 2 aromatic heterocycles. The number of anilines is 1. The van der Waals surface area contributed by atoms with Crippen LogP contribution in [0.3, 0.4) is 0 Å². The SMILES string of the molecule is Cc1nc(CN2C(=O)COC3CN(c4ncccn4)CC32)cs1. The van der Waals surface area contributed by atoms with E-state index < -0.39 is 0 Å². The van der Waals surface area contributed by atoms with Crippen LogP contribution < -0.4 is 4.90 Å². The van der Waals surface area contributed by atoms with E-state index >= 15 is 0 Å². The monoisotopic (exact) mass is 331 g/mol. The second-order valence-corrected chi connectivity index (χ2v) is 6.81. The lowest BCUT2D eigenvalue weighted by atomic mass is 10.1. The number of thiazole rings is 1. The first-order valence-corrected chi connectivity index (χ1v) is 8.43. The van der Waals surface area contributed by atoms with Crippen molar-refractivity contribution < 1.29 is 9.53 Å². The minimum absolute atomic E-state index is 0.00348. The molecule has 120 valence electrons. The van der Waals surface area contributed by atoms with Gasteiger partial charge in [0.1, 0.15) is 6.61 Å². The van der Waals surface area contributed by atoms with Crippen molar-refractivity contribution in [2.24, 2.45) is 0 Å². The molecule has 2 atom stereocenters. The fourth-order valence-electron chi connectivity index (χ4n) is 3.14. The van der Waals surface area contributed by atoms with Gasteiger partial charge < -0.3 is 14.5 Å². The van der Waals surface area contributed by atoms with Gasteiger partial charge in [0.05, 0.1) is 29.4 Å². The Labute approximate surface area is 137 Å². The summed E-state index contributed by atoms with van der Waals surface area (Å²) in [4.78, 5) is 29.4. The Balaban J connectivity index is 1.54. The van der Waals surface area contributed by atoms with Crippen LogP contribution in [0.2, 0.25) is 0 Å². The number of morpholine rings is 1. The molecule has 1 amide bonds. The number of hydrogen-bond acceptors (Lipinski definition) is 7. The van der Waals surface area contributed by atoms with Gasteiger partial charge in [0, 0.05) is 30.9 Å². The zero-order valence-corrected chi connectivity index (χ0v) is 13.6. The van der Waals surface area contributed by atoms with Gasteiger partial charge in [-0.2, -0.15) is 0 Å². The first-order valence-electron chi connectivity index (χ1n) is 7.55. The largest absolute Gasteiger partial charge is 0.364 e. The predicted molar refractivity (Wildman–Crippen MR) is 85.2 cm³/mol. The van der Waals surface area contributed by atoms with E-state index in [1.54, 1.807) is 29.8 Å². The summed E-state index contributed by atoms with van der Waals surface area (Å²) in [5.74, 6) is 0.704. The molecule has 2 aliphatic heterocycles. The van der Waals surface area contributed by atoms with Crippen LogP contribution in [0, 0.1) is 6.92 Å². The average molecular weight is 331 g/mol. The number of nitrogens with zero attached hydrogens (tertiary/aromatic N) is 5. The highest BCUT2D eigenvalue weighted by molar-refractivity contribution is 7.09. The lowest BCUT2D eigenvalue weighted by Gasteiger charge is -2.36. The standard InChI is InChI=1S/C15H17N5O2S/c1-10-18-11(9-23-10)5-20-12-6-19(15-16-3-2-4-17-15)7-13(12)22-8-14(20)21/h2-4,9,12-13H,5-8H2,1H3. The molecule has 2 aliphatic rings. The summed E-state index contributed by atoms with van der Waals surface area (Å²) in [6, 6.07) is 1.81. The van der Waals surface area contributed by atoms with Gasteiger partial charge >= 0.3 is 0 Å². The number of ether oxygens (including phenoxy) is 1. The molecule has 0 radical (unpaired) electrons. The van der Waals surface area contributed by atoms with E-state index in [4.69, 9.17) is 4.74 Å². The van der Waals surface area contributed by atoms with Crippen LogP contribution in [-0.4, -0.2) is 57.6 Å². The number of carbonyl (C=O) groups excluding carboxylic acids is 1. The Morgan fingerprint density at radius 3 is 2.91 bits per heavy atom. The molecule has 2 fully saturated rings. The molecule has 2 aromatic rings.